The van der Waals surface area contributed by atoms with Crippen LogP contribution in [-0.2, 0) is 9.53 Å². The highest BCUT2D eigenvalue weighted by atomic mass is 16.5. The predicted molar refractivity (Wildman–Crippen MR) is 45.3 cm³/mol. The highest BCUT2D eigenvalue weighted by Crippen LogP contribution is 2.20. The summed E-state index contributed by atoms with van der Waals surface area (Å²) in [4.78, 5) is 10.9. The van der Waals surface area contributed by atoms with Crippen LogP contribution in [0.4, 0.5) is 0 Å². The van der Waals surface area contributed by atoms with Gasteiger partial charge in [-0.3, -0.25) is 4.79 Å². The second kappa shape index (κ2) is 4.76. The number of ether oxygens (including phenoxy) is 1. The van der Waals surface area contributed by atoms with Gasteiger partial charge in [-0.05, 0) is 27.2 Å². The van der Waals surface area contributed by atoms with Crippen molar-refractivity contribution in [3.63, 3.8) is 0 Å². The zero-order valence-corrected chi connectivity index (χ0v) is 7.89. The van der Waals surface area contributed by atoms with Gasteiger partial charge >= 0.3 is 5.97 Å². The molecule has 0 heterocycles. The number of carbonyl (C=O) groups is 1. The van der Waals surface area contributed by atoms with Crippen LogP contribution in [0.2, 0.25) is 0 Å². The zero-order chi connectivity index (χ0) is 9.61. The van der Waals surface area contributed by atoms with Crippen molar-refractivity contribution in [1.82, 2.24) is 0 Å². The molecule has 0 aliphatic heterocycles. The molecule has 0 rings (SSSR count). The van der Waals surface area contributed by atoms with Gasteiger partial charge in [0.2, 0.25) is 0 Å². The Morgan fingerprint density at radius 3 is 2.58 bits per heavy atom. The Morgan fingerprint density at radius 2 is 2.17 bits per heavy atom. The number of nitriles is 1. The summed E-state index contributed by atoms with van der Waals surface area (Å²) in [6.45, 7) is 5.80. The Morgan fingerprint density at radius 1 is 1.58 bits per heavy atom. The molecular weight excluding hydrogens is 154 g/mol. The Balaban J connectivity index is 3.70. The minimum atomic E-state index is -0.424. The molecule has 0 radical (unpaired) electrons. The summed E-state index contributed by atoms with van der Waals surface area (Å²) in [6.07, 6.45) is 0.886. The van der Waals surface area contributed by atoms with E-state index in [0.29, 0.717) is 19.4 Å². The summed E-state index contributed by atoms with van der Waals surface area (Å²) < 4.78 is 4.73. The molecule has 3 nitrogen and oxygen atoms in total. The van der Waals surface area contributed by atoms with E-state index in [4.69, 9.17) is 10.00 Å². The Labute approximate surface area is 73.3 Å². The quantitative estimate of drug-likeness (QED) is 0.604. The topological polar surface area (TPSA) is 50.1 Å². The average molecular weight is 169 g/mol. The van der Waals surface area contributed by atoms with Gasteiger partial charge in [-0.2, -0.15) is 5.26 Å². The van der Waals surface area contributed by atoms with E-state index in [9.17, 15) is 4.79 Å². The lowest BCUT2D eigenvalue weighted by Crippen LogP contribution is -2.12. The smallest absolute Gasteiger partial charge is 0.305 e. The van der Waals surface area contributed by atoms with Crippen LogP contribution in [-0.4, -0.2) is 12.6 Å². The maximum Gasteiger partial charge on any atom is 0.305 e. The third kappa shape index (κ3) is 4.73. The molecule has 68 valence electrons. The van der Waals surface area contributed by atoms with Crippen molar-refractivity contribution in [2.24, 2.45) is 5.41 Å². The molecule has 0 aromatic rings. The molecule has 0 atom stereocenters. The third-order valence-corrected chi connectivity index (χ3v) is 1.56. The first-order chi connectivity index (χ1) is 5.52. The van der Waals surface area contributed by atoms with Crippen molar-refractivity contribution in [3.8, 4) is 6.07 Å². The van der Waals surface area contributed by atoms with Gasteiger partial charge in [0.05, 0.1) is 18.1 Å². The summed E-state index contributed by atoms with van der Waals surface area (Å²) in [7, 11) is 0. The van der Waals surface area contributed by atoms with E-state index in [1.54, 1.807) is 6.92 Å². The number of nitrogens with zero attached hydrogens (tertiary/aromatic N) is 1. The van der Waals surface area contributed by atoms with Crippen molar-refractivity contribution in [2.45, 2.75) is 33.6 Å². The first-order valence-electron chi connectivity index (χ1n) is 4.08. The predicted octanol–water partition coefficient (Wildman–Crippen LogP) is 1.88. The van der Waals surface area contributed by atoms with Crippen LogP contribution in [0.25, 0.3) is 0 Å². The first kappa shape index (κ1) is 11.0. The number of hydrogen-bond donors (Lipinski definition) is 0. The maximum atomic E-state index is 10.9. The second-order valence-electron chi connectivity index (χ2n) is 3.30. The molecule has 0 N–H and O–H groups in total. The van der Waals surface area contributed by atoms with Crippen LogP contribution in [0, 0.1) is 16.7 Å². The van der Waals surface area contributed by atoms with Crippen molar-refractivity contribution >= 4 is 5.97 Å². The summed E-state index contributed by atoms with van der Waals surface area (Å²) in [5, 5.41) is 8.63. The zero-order valence-electron chi connectivity index (χ0n) is 7.89. The molecule has 0 saturated heterocycles. The molecule has 0 spiro atoms. The van der Waals surface area contributed by atoms with Gasteiger partial charge in [0.1, 0.15) is 0 Å². The van der Waals surface area contributed by atoms with Gasteiger partial charge in [-0.25, -0.2) is 0 Å². The van der Waals surface area contributed by atoms with Gasteiger partial charge in [0, 0.05) is 6.42 Å². The lowest BCUT2D eigenvalue weighted by molar-refractivity contribution is -0.143. The van der Waals surface area contributed by atoms with Crippen LogP contribution < -0.4 is 0 Å². The van der Waals surface area contributed by atoms with Gasteiger partial charge in [-0.1, -0.05) is 0 Å². The number of rotatable bonds is 4. The summed E-state index contributed by atoms with van der Waals surface area (Å²) in [6, 6.07) is 2.13. The van der Waals surface area contributed by atoms with Crippen LogP contribution in [0.15, 0.2) is 0 Å². The first-order valence-corrected chi connectivity index (χ1v) is 4.08. The molecule has 0 aromatic heterocycles. The van der Waals surface area contributed by atoms with Crippen LogP contribution in [0.5, 0.6) is 0 Å². The van der Waals surface area contributed by atoms with Gasteiger partial charge in [-0.15, -0.1) is 0 Å². The largest absolute Gasteiger partial charge is 0.466 e. The standard InChI is InChI=1S/C9H15NO2/c1-4-12-8(11)5-6-9(2,3)7-10/h4-6H2,1-3H3. The normalized spacial score (nSPS) is 10.5. The number of hydrogen-bond acceptors (Lipinski definition) is 3. The van der Waals surface area contributed by atoms with Crippen molar-refractivity contribution in [3.05, 3.63) is 0 Å². The van der Waals surface area contributed by atoms with E-state index in [1.807, 2.05) is 13.8 Å². The SMILES string of the molecule is CCOC(=O)CCC(C)(C)C#N. The molecule has 0 aliphatic carbocycles. The second-order valence-corrected chi connectivity index (χ2v) is 3.30. The highest BCUT2D eigenvalue weighted by Gasteiger charge is 2.18. The van der Waals surface area contributed by atoms with Crippen LogP contribution in [0.1, 0.15) is 33.6 Å². The van der Waals surface area contributed by atoms with Crippen LogP contribution in [0.3, 0.4) is 0 Å². The Kier molecular flexibility index (Phi) is 4.35. The van der Waals surface area contributed by atoms with Gasteiger partial charge in [0.25, 0.3) is 0 Å². The fourth-order valence-corrected chi connectivity index (χ4v) is 0.704. The van der Waals surface area contributed by atoms with Gasteiger partial charge < -0.3 is 4.74 Å². The molecular formula is C9H15NO2. The van der Waals surface area contributed by atoms with Crippen molar-refractivity contribution < 1.29 is 9.53 Å². The molecule has 3 heteroatoms. The molecule has 0 amide bonds. The molecule has 0 unspecified atom stereocenters. The van der Waals surface area contributed by atoms with Crippen molar-refractivity contribution in [2.75, 3.05) is 6.61 Å². The molecule has 12 heavy (non-hydrogen) atoms. The van der Waals surface area contributed by atoms with E-state index in [0.717, 1.165) is 0 Å². The van der Waals surface area contributed by atoms with E-state index < -0.39 is 5.41 Å². The van der Waals surface area contributed by atoms with Gasteiger partial charge in [0.15, 0.2) is 0 Å². The summed E-state index contributed by atoms with van der Waals surface area (Å²) in [5.41, 5.74) is -0.424. The minimum Gasteiger partial charge on any atom is -0.466 e. The number of esters is 1. The van der Waals surface area contributed by atoms with E-state index in [-0.39, 0.29) is 5.97 Å². The average Bonchev–Trinajstić information content (AvgIpc) is 2.02. The Hall–Kier alpha value is -1.04. The molecule has 0 aromatic carbocycles. The fraction of sp³-hybridized carbons (Fsp3) is 0.778. The highest BCUT2D eigenvalue weighted by molar-refractivity contribution is 5.69. The van der Waals surface area contributed by atoms with E-state index in [2.05, 4.69) is 6.07 Å². The summed E-state index contributed by atoms with van der Waals surface area (Å²) in [5.74, 6) is -0.221. The van der Waals surface area contributed by atoms with E-state index >= 15 is 0 Å². The minimum absolute atomic E-state index is 0.221. The fourth-order valence-electron chi connectivity index (χ4n) is 0.704. The molecule has 0 bridgehead atoms. The maximum absolute atomic E-state index is 10.9. The monoisotopic (exact) mass is 169 g/mol. The third-order valence-electron chi connectivity index (χ3n) is 1.56. The van der Waals surface area contributed by atoms with Crippen molar-refractivity contribution in [1.29, 1.82) is 5.26 Å². The lowest BCUT2D eigenvalue weighted by atomic mass is 9.90. The lowest BCUT2D eigenvalue weighted by Gasteiger charge is -2.13. The summed E-state index contributed by atoms with van der Waals surface area (Å²) >= 11 is 0. The van der Waals surface area contributed by atoms with Crippen LogP contribution >= 0.6 is 0 Å². The Bertz CT molecular complexity index is 191. The molecule has 0 saturated carbocycles. The van der Waals surface area contributed by atoms with E-state index in [1.165, 1.54) is 0 Å². The molecule has 0 fully saturated rings. The molecule has 0 aliphatic rings. The number of carbonyl (C=O) groups excluding carboxylic acids is 1.